The molecule has 4 heteroatoms. The summed E-state index contributed by atoms with van der Waals surface area (Å²) in [6.45, 7) is 8.15. The zero-order valence-corrected chi connectivity index (χ0v) is 13.7. The van der Waals surface area contributed by atoms with E-state index in [4.69, 9.17) is 9.51 Å². The van der Waals surface area contributed by atoms with Gasteiger partial charge in [-0.2, -0.15) is 4.98 Å². The van der Waals surface area contributed by atoms with Gasteiger partial charge in [-0.3, -0.25) is 0 Å². The van der Waals surface area contributed by atoms with Crippen LogP contribution in [0.25, 0.3) is 0 Å². The minimum Gasteiger partial charge on any atom is -0.338 e. The van der Waals surface area contributed by atoms with Crippen molar-refractivity contribution in [2.45, 2.75) is 77.7 Å². The monoisotopic (exact) mass is 291 g/mol. The third-order valence-corrected chi connectivity index (χ3v) is 5.38. The van der Waals surface area contributed by atoms with Crippen molar-refractivity contribution in [3.63, 3.8) is 0 Å². The standard InChI is InChI=1S/C17H29N3O/c1-17(2,3)13-9-7-12(8-10-13)15-19-16(21-20-15)14-6-4-5-11-18-14/h12-14,18H,4-11H2,1-3H3/t12?,13?,14-/m1/s1. The summed E-state index contributed by atoms with van der Waals surface area (Å²) in [7, 11) is 0. The van der Waals surface area contributed by atoms with Crippen molar-refractivity contribution in [1.29, 1.82) is 0 Å². The first kappa shape index (κ1) is 15.0. The summed E-state index contributed by atoms with van der Waals surface area (Å²) in [5, 5.41) is 7.76. The van der Waals surface area contributed by atoms with E-state index in [1.165, 1.54) is 38.5 Å². The molecule has 2 aliphatic rings. The van der Waals surface area contributed by atoms with Gasteiger partial charge in [0, 0.05) is 5.92 Å². The number of hydrogen-bond donors (Lipinski definition) is 1. The van der Waals surface area contributed by atoms with Crippen LogP contribution in [-0.2, 0) is 0 Å². The van der Waals surface area contributed by atoms with Crippen LogP contribution in [0.2, 0.25) is 0 Å². The molecule has 4 nitrogen and oxygen atoms in total. The largest absolute Gasteiger partial charge is 0.338 e. The van der Waals surface area contributed by atoms with Gasteiger partial charge in [0.25, 0.3) is 0 Å². The highest BCUT2D eigenvalue weighted by molar-refractivity contribution is 5.01. The highest BCUT2D eigenvalue weighted by Gasteiger charge is 2.32. The summed E-state index contributed by atoms with van der Waals surface area (Å²) in [6, 6.07) is 0.283. The fourth-order valence-corrected chi connectivity index (χ4v) is 3.83. The van der Waals surface area contributed by atoms with Gasteiger partial charge in [-0.1, -0.05) is 32.3 Å². The van der Waals surface area contributed by atoms with Gasteiger partial charge in [0.2, 0.25) is 5.89 Å². The molecule has 3 rings (SSSR count). The number of piperidine rings is 1. The Morgan fingerprint density at radius 2 is 1.81 bits per heavy atom. The second-order valence-corrected chi connectivity index (χ2v) is 7.91. The molecule has 0 spiro atoms. The first-order valence-electron chi connectivity index (χ1n) is 8.61. The number of hydrogen-bond acceptors (Lipinski definition) is 4. The van der Waals surface area contributed by atoms with E-state index < -0.39 is 0 Å². The van der Waals surface area contributed by atoms with E-state index in [2.05, 4.69) is 31.2 Å². The summed E-state index contributed by atoms with van der Waals surface area (Å²) in [5.74, 6) is 3.09. The number of nitrogens with zero attached hydrogens (tertiary/aromatic N) is 2. The van der Waals surface area contributed by atoms with Crippen LogP contribution in [0.3, 0.4) is 0 Å². The molecule has 0 radical (unpaired) electrons. The van der Waals surface area contributed by atoms with Crippen LogP contribution in [-0.4, -0.2) is 16.7 Å². The Balaban J connectivity index is 1.60. The van der Waals surface area contributed by atoms with E-state index in [1.807, 2.05) is 0 Å². The molecular weight excluding hydrogens is 262 g/mol. The quantitative estimate of drug-likeness (QED) is 0.887. The molecule has 1 saturated heterocycles. The van der Waals surface area contributed by atoms with Gasteiger partial charge in [-0.05, 0) is 56.4 Å². The first-order chi connectivity index (χ1) is 10.0. The van der Waals surface area contributed by atoms with Gasteiger partial charge in [0.1, 0.15) is 0 Å². The summed E-state index contributed by atoms with van der Waals surface area (Å²) in [4.78, 5) is 4.70. The minimum absolute atomic E-state index is 0.283. The predicted octanol–water partition coefficient (Wildman–Crippen LogP) is 4.20. The molecule has 1 aromatic rings. The fraction of sp³-hybridized carbons (Fsp3) is 0.882. The molecule has 1 atom stereocenters. The van der Waals surface area contributed by atoms with Crippen LogP contribution in [0.5, 0.6) is 0 Å². The Morgan fingerprint density at radius 1 is 1.05 bits per heavy atom. The molecule has 1 aliphatic carbocycles. The lowest BCUT2D eigenvalue weighted by atomic mass is 9.70. The lowest BCUT2D eigenvalue weighted by Gasteiger charge is -2.36. The van der Waals surface area contributed by atoms with Crippen molar-refractivity contribution < 1.29 is 4.52 Å². The molecule has 1 saturated carbocycles. The molecule has 0 aromatic carbocycles. The van der Waals surface area contributed by atoms with Gasteiger partial charge in [0.15, 0.2) is 5.82 Å². The Labute approximate surface area is 128 Å². The van der Waals surface area contributed by atoms with Gasteiger partial charge in [-0.25, -0.2) is 0 Å². The van der Waals surface area contributed by atoms with Gasteiger partial charge in [-0.15, -0.1) is 0 Å². The minimum atomic E-state index is 0.283. The van der Waals surface area contributed by atoms with E-state index >= 15 is 0 Å². The normalized spacial score (nSPS) is 31.3. The highest BCUT2D eigenvalue weighted by atomic mass is 16.5. The van der Waals surface area contributed by atoms with Gasteiger partial charge < -0.3 is 9.84 Å². The molecule has 1 aromatic heterocycles. The average Bonchev–Trinajstić information content (AvgIpc) is 2.97. The van der Waals surface area contributed by atoms with Crippen LogP contribution in [0.1, 0.15) is 89.4 Å². The van der Waals surface area contributed by atoms with Crippen molar-refractivity contribution in [3.8, 4) is 0 Å². The number of aromatic nitrogens is 2. The van der Waals surface area contributed by atoms with Crippen LogP contribution >= 0.6 is 0 Å². The molecule has 21 heavy (non-hydrogen) atoms. The maximum atomic E-state index is 5.53. The molecule has 2 heterocycles. The molecule has 1 N–H and O–H groups in total. The SMILES string of the molecule is CC(C)(C)C1CCC(c2noc([C@H]3CCCCN3)n2)CC1. The summed E-state index contributed by atoms with van der Waals surface area (Å²) in [5.41, 5.74) is 0.430. The third-order valence-electron chi connectivity index (χ3n) is 5.38. The Hall–Kier alpha value is -0.900. The van der Waals surface area contributed by atoms with Crippen molar-refractivity contribution in [1.82, 2.24) is 15.5 Å². The lowest BCUT2D eigenvalue weighted by Crippen LogP contribution is -2.27. The van der Waals surface area contributed by atoms with E-state index in [-0.39, 0.29) is 6.04 Å². The number of rotatable bonds is 2. The third kappa shape index (κ3) is 3.47. The first-order valence-corrected chi connectivity index (χ1v) is 8.61. The average molecular weight is 291 g/mol. The van der Waals surface area contributed by atoms with Crippen molar-refractivity contribution in [2.75, 3.05) is 6.54 Å². The molecular formula is C17H29N3O. The van der Waals surface area contributed by atoms with Crippen LogP contribution in [0, 0.1) is 11.3 Å². The van der Waals surface area contributed by atoms with Crippen molar-refractivity contribution in [3.05, 3.63) is 11.7 Å². The molecule has 0 unspecified atom stereocenters. The molecule has 0 bridgehead atoms. The van der Waals surface area contributed by atoms with Crippen molar-refractivity contribution >= 4 is 0 Å². The fourth-order valence-electron chi connectivity index (χ4n) is 3.83. The molecule has 1 aliphatic heterocycles. The van der Waals surface area contributed by atoms with Crippen molar-refractivity contribution in [2.24, 2.45) is 11.3 Å². The van der Waals surface area contributed by atoms with E-state index in [9.17, 15) is 0 Å². The van der Waals surface area contributed by atoms with E-state index in [0.717, 1.165) is 30.6 Å². The Kier molecular flexibility index (Phi) is 4.34. The Bertz CT molecular complexity index is 449. The second-order valence-electron chi connectivity index (χ2n) is 7.91. The Morgan fingerprint density at radius 3 is 2.43 bits per heavy atom. The van der Waals surface area contributed by atoms with Crippen LogP contribution < -0.4 is 5.32 Å². The zero-order chi connectivity index (χ0) is 14.9. The van der Waals surface area contributed by atoms with Gasteiger partial charge in [0.05, 0.1) is 6.04 Å². The van der Waals surface area contributed by atoms with Crippen LogP contribution in [0.15, 0.2) is 4.52 Å². The van der Waals surface area contributed by atoms with Gasteiger partial charge >= 0.3 is 0 Å². The van der Waals surface area contributed by atoms with Crippen LogP contribution in [0.4, 0.5) is 0 Å². The van der Waals surface area contributed by atoms with E-state index in [1.54, 1.807) is 0 Å². The molecule has 2 fully saturated rings. The molecule has 118 valence electrons. The molecule has 0 amide bonds. The summed E-state index contributed by atoms with van der Waals surface area (Å²) >= 11 is 0. The smallest absolute Gasteiger partial charge is 0.243 e. The maximum absolute atomic E-state index is 5.53. The predicted molar refractivity (Wildman–Crippen MR) is 83.0 cm³/mol. The summed E-state index contributed by atoms with van der Waals surface area (Å²) in [6.07, 6.45) is 8.64. The summed E-state index contributed by atoms with van der Waals surface area (Å²) < 4.78 is 5.53. The highest BCUT2D eigenvalue weighted by Crippen LogP contribution is 2.42. The maximum Gasteiger partial charge on any atom is 0.243 e. The second kappa shape index (κ2) is 6.07. The lowest BCUT2D eigenvalue weighted by molar-refractivity contribution is 0.166. The topological polar surface area (TPSA) is 51.0 Å². The zero-order valence-electron chi connectivity index (χ0n) is 13.7. The van der Waals surface area contributed by atoms with E-state index in [0.29, 0.717) is 11.3 Å². The number of nitrogens with one attached hydrogen (secondary N) is 1.